The maximum atomic E-state index is 12.6. The normalized spacial score (nSPS) is 12.2. The maximum absolute atomic E-state index is 12.6. The van der Waals surface area contributed by atoms with Crippen LogP contribution in [0.25, 0.3) is 0 Å². The number of alkyl halides is 1. The van der Waals surface area contributed by atoms with Crippen LogP contribution >= 0.6 is 11.6 Å². The molecule has 0 radical (unpaired) electrons. The van der Waals surface area contributed by atoms with Gasteiger partial charge in [0.15, 0.2) is 0 Å². The molecule has 0 aliphatic rings. The number of carbonyl (C=O) groups excluding carboxylic acids is 1. The number of hydrogen-bond donors (Lipinski definition) is 1. The molecule has 4 nitrogen and oxygen atoms in total. The van der Waals surface area contributed by atoms with Gasteiger partial charge in [0.2, 0.25) is 5.91 Å². The van der Waals surface area contributed by atoms with Gasteiger partial charge in [0.05, 0.1) is 12.7 Å². The average molecular weight is 500 g/mol. The lowest BCUT2D eigenvalue weighted by atomic mass is 9.80. The van der Waals surface area contributed by atoms with Gasteiger partial charge in [-0.3, -0.25) is 4.79 Å². The molecule has 0 aliphatic carbocycles. The Bertz CT molecular complexity index is 1110. The van der Waals surface area contributed by atoms with Crippen LogP contribution in [-0.2, 0) is 21.7 Å². The van der Waals surface area contributed by atoms with Crippen molar-refractivity contribution < 1.29 is 14.6 Å². The summed E-state index contributed by atoms with van der Waals surface area (Å²) in [5.41, 5.74) is 2.88. The van der Waals surface area contributed by atoms with Gasteiger partial charge in [-0.1, -0.05) is 121 Å². The second-order valence-electron chi connectivity index (χ2n) is 8.64. The van der Waals surface area contributed by atoms with Crippen molar-refractivity contribution in [3.05, 3.63) is 144 Å². The van der Waals surface area contributed by atoms with Gasteiger partial charge in [-0.2, -0.15) is 0 Å². The molecular formula is C31H30ClNO3. The predicted octanol–water partition coefficient (Wildman–Crippen LogP) is 5.62. The minimum atomic E-state index is -0.939. The minimum Gasteiger partial charge on any atom is -0.389 e. The molecule has 0 aliphatic heterocycles. The number of aliphatic hydroxyl groups excluding tert-OH is 1. The summed E-state index contributed by atoms with van der Waals surface area (Å²) in [6.07, 6.45) is -0.920. The number of amides is 1. The fraction of sp³-hybridized carbons (Fsp3) is 0.194. The van der Waals surface area contributed by atoms with Crippen LogP contribution in [0, 0.1) is 0 Å². The number of halogens is 1. The van der Waals surface area contributed by atoms with Gasteiger partial charge in [-0.05, 0) is 22.3 Å². The first-order valence-electron chi connectivity index (χ1n) is 12.0. The second-order valence-corrected chi connectivity index (χ2v) is 8.90. The van der Waals surface area contributed by atoms with E-state index in [1.54, 1.807) is 4.90 Å². The topological polar surface area (TPSA) is 49.8 Å². The number of nitrogens with zero attached hydrogens (tertiary/aromatic N) is 1. The average Bonchev–Trinajstić information content (AvgIpc) is 2.95. The summed E-state index contributed by atoms with van der Waals surface area (Å²) in [5.74, 6) is -0.387. The molecule has 4 rings (SSSR count). The van der Waals surface area contributed by atoms with Gasteiger partial charge in [0.1, 0.15) is 11.5 Å². The largest absolute Gasteiger partial charge is 0.389 e. The summed E-state index contributed by atoms with van der Waals surface area (Å²) in [6.45, 7) is 0.485. The molecule has 4 aromatic rings. The highest BCUT2D eigenvalue weighted by atomic mass is 35.5. The molecule has 36 heavy (non-hydrogen) atoms. The Morgan fingerprint density at radius 2 is 1.17 bits per heavy atom. The van der Waals surface area contributed by atoms with E-state index in [0.717, 1.165) is 22.3 Å². The third-order valence-corrected chi connectivity index (χ3v) is 6.38. The van der Waals surface area contributed by atoms with E-state index < -0.39 is 11.7 Å². The summed E-state index contributed by atoms with van der Waals surface area (Å²) >= 11 is 5.88. The van der Waals surface area contributed by atoms with Crippen LogP contribution in [-0.4, -0.2) is 41.0 Å². The number of benzene rings is 4. The maximum Gasteiger partial charge on any atom is 0.237 e. The van der Waals surface area contributed by atoms with Crippen molar-refractivity contribution >= 4 is 17.5 Å². The van der Waals surface area contributed by atoms with Crippen LogP contribution < -0.4 is 0 Å². The molecule has 1 unspecified atom stereocenters. The molecule has 0 aromatic heterocycles. The van der Waals surface area contributed by atoms with Gasteiger partial charge in [-0.25, -0.2) is 0 Å². The SMILES string of the molecule is O=C(CCl)N(Cc1ccccc1)CC(O)COC(c1ccccc1)(c1ccccc1)c1ccccc1. The van der Waals surface area contributed by atoms with Crippen LogP contribution in [0.2, 0.25) is 0 Å². The van der Waals surface area contributed by atoms with Gasteiger partial charge >= 0.3 is 0 Å². The molecule has 184 valence electrons. The molecule has 1 amide bonds. The van der Waals surface area contributed by atoms with E-state index in [1.807, 2.05) is 121 Å². The Morgan fingerprint density at radius 1 is 0.750 bits per heavy atom. The van der Waals surface area contributed by atoms with Crippen LogP contribution in [0.1, 0.15) is 22.3 Å². The van der Waals surface area contributed by atoms with E-state index >= 15 is 0 Å². The Kier molecular flexibility index (Phi) is 8.90. The Labute approximate surface area is 217 Å². The Morgan fingerprint density at radius 3 is 1.58 bits per heavy atom. The molecule has 0 fully saturated rings. The minimum absolute atomic E-state index is 0.0134. The summed E-state index contributed by atoms with van der Waals surface area (Å²) < 4.78 is 6.69. The number of rotatable bonds is 11. The molecule has 1 atom stereocenters. The first kappa shape index (κ1) is 25.6. The predicted molar refractivity (Wildman–Crippen MR) is 144 cm³/mol. The lowest BCUT2D eigenvalue weighted by Gasteiger charge is -2.37. The zero-order valence-electron chi connectivity index (χ0n) is 20.0. The van der Waals surface area contributed by atoms with Gasteiger partial charge in [0.25, 0.3) is 0 Å². The van der Waals surface area contributed by atoms with Crippen LogP contribution in [0.4, 0.5) is 0 Å². The quantitative estimate of drug-likeness (QED) is 0.215. The molecule has 0 saturated carbocycles. The van der Waals surface area contributed by atoms with E-state index in [-0.39, 0.29) is 24.9 Å². The zero-order chi connectivity index (χ0) is 25.2. The summed E-state index contributed by atoms with van der Waals surface area (Å²) in [5, 5.41) is 11.1. The van der Waals surface area contributed by atoms with Crippen molar-refractivity contribution in [3.63, 3.8) is 0 Å². The highest BCUT2D eigenvalue weighted by Gasteiger charge is 2.38. The van der Waals surface area contributed by atoms with Gasteiger partial charge in [0, 0.05) is 13.1 Å². The molecular weight excluding hydrogens is 470 g/mol. The van der Waals surface area contributed by atoms with E-state index in [0.29, 0.717) is 6.54 Å². The summed E-state index contributed by atoms with van der Waals surface area (Å²) in [6, 6.07) is 39.7. The lowest BCUT2D eigenvalue weighted by Crippen LogP contribution is -2.42. The van der Waals surface area contributed by atoms with Crippen LogP contribution in [0.5, 0.6) is 0 Å². The molecule has 5 heteroatoms. The summed E-state index contributed by atoms with van der Waals surface area (Å²) in [4.78, 5) is 14.1. The molecule has 4 aromatic carbocycles. The smallest absolute Gasteiger partial charge is 0.237 e. The van der Waals surface area contributed by atoms with Crippen molar-refractivity contribution in [2.45, 2.75) is 18.2 Å². The van der Waals surface area contributed by atoms with E-state index in [4.69, 9.17) is 16.3 Å². The molecule has 0 bridgehead atoms. The third-order valence-electron chi connectivity index (χ3n) is 6.15. The van der Waals surface area contributed by atoms with Gasteiger partial charge < -0.3 is 14.7 Å². The van der Waals surface area contributed by atoms with Gasteiger partial charge in [-0.15, -0.1) is 11.6 Å². The summed E-state index contributed by atoms with van der Waals surface area (Å²) in [7, 11) is 0. The highest BCUT2D eigenvalue weighted by Crippen LogP contribution is 2.40. The Balaban J connectivity index is 1.63. The molecule has 1 N–H and O–H groups in total. The lowest BCUT2D eigenvalue weighted by molar-refractivity contribution is -0.131. The van der Waals surface area contributed by atoms with Crippen molar-refractivity contribution in [3.8, 4) is 0 Å². The fourth-order valence-electron chi connectivity index (χ4n) is 4.44. The van der Waals surface area contributed by atoms with Crippen molar-refractivity contribution in [1.82, 2.24) is 4.90 Å². The first-order chi connectivity index (χ1) is 17.6. The standard InChI is InChI=1S/C31H30ClNO3/c32-21-30(35)33(22-25-13-5-1-6-14-25)23-29(34)24-36-31(26-15-7-2-8-16-26,27-17-9-3-10-18-27)28-19-11-4-12-20-28/h1-20,29,34H,21-24H2. The number of carbonyl (C=O) groups is 1. The van der Waals surface area contributed by atoms with Crippen molar-refractivity contribution in [2.24, 2.45) is 0 Å². The van der Waals surface area contributed by atoms with Crippen molar-refractivity contribution in [2.75, 3.05) is 19.0 Å². The number of hydrogen-bond acceptors (Lipinski definition) is 3. The molecule has 0 spiro atoms. The van der Waals surface area contributed by atoms with Crippen molar-refractivity contribution in [1.29, 1.82) is 0 Å². The van der Waals surface area contributed by atoms with Crippen LogP contribution in [0.3, 0.4) is 0 Å². The van der Waals surface area contributed by atoms with E-state index in [1.165, 1.54) is 0 Å². The fourth-order valence-corrected chi connectivity index (χ4v) is 4.61. The van der Waals surface area contributed by atoms with Crippen LogP contribution in [0.15, 0.2) is 121 Å². The highest BCUT2D eigenvalue weighted by molar-refractivity contribution is 6.27. The Hall–Kier alpha value is -3.44. The third kappa shape index (κ3) is 6.03. The van der Waals surface area contributed by atoms with E-state index in [2.05, 4.69) is 0 Å². The first-order valence-corrected chi connectivity index (χ1v) is 12.5. The number of aliphatic hydroxyl groups is 1. The monoisotopic (exact) mass is 499 g/mol. The zero-order valence-corrected chi connectivity index (χ0v) is 20.8. The second kappa shape index (κ2) is 12.5. The molecule has 0 saturated heterocycles. The molecule has 0 heterocycles. The number of ether oxygens (including phenoxy) is 1. The van der Waals surface area contributed by atoms with E-state index in [9.17, 15) is 9.90 Å².